The van der Waals surface area contributed by atoms with E-state index in [2.05, 4.69) is 20.9 Å². The van der Waals surface area contributed by atoms with Crippen LogP contribution < -0.4 is 16.0 Å². The van der Waals surface area contributed by atoms with E-state index in [0.717, 1.165) is 18.9 Å². The van der Waals surface area contributed by atoms with Crippen LogP contribution in [0.15, 0.2) is 4.99 Å². The average molecular weight is 330 g/mol. The minimum atomic E-state index is -0.360. The van der Waals surface area contributed by atoms with E-state index in [-0.39, 0.29) is 11.3 Å². The lowest BCUT2D eigenvalue weighted by atomic mass is 9.96. The summed E-state index contributed by atoms with van der Waals surface area (Å²) in [5, 5.41) is 9.28. The topological polar surface area (TPSA) is 84.0 Å². The predicted molar refractivity (Wildman–Crippen MR) is 93.8 cm³/mol. The monoisotopic (exact) mass is 330 g/mol. The number of rotatable bonds is 11. The Kier molecular flexibility index (Phi) is 12.4. The molecule has 136 valence electrons. The van der Waals surface area contributed by atoms with E-state index in [1.807, 2.05) is 27.7 Å². The molecule has 0 saturated carbocycles. The first-order chi connectivity index (χ1) is 10.9. The highest BCUT2D eigenvalue weighted by atomic mass is 16.5. The highest BCUT2D eigenvalue weighted by Gasteiger charge is 2.20. The summed E-state index contributed by atoms with van der Waals surface area (Å²) in [6.45, 7) is 12.3. The van der Waals surface area contributed by atoms with Crippen molar-refractivity contribution < 1.29 is 14.3 Å². The van der Waals surface area contributed by atoms with Gasteiger partial charge in [-0.1, -0.05) is 20.8 Å². The van der Waals surface area contributed by atoms with Gasteiger partial charge in [0.15, 0.2) is 5.96 Å². The van der Waals surface area contributed by atoms with Crippen LogP contribution in [-0.4, -0.2) is 65.0 Å². The standard InChI is InChI=1S/C16H34N4O3/c1-6-17-15(19-8-7-11-23-13-12-22-5)20-10-9-18-14(21)16(2,3)4/h6-13H2,1-5H3,(H,18,21)(H2,17,19,20). The maximum Gasteiger partial charge on any atom is 0.225 e. The van der Waals surface area contributed by atoms with E-state index in [0.29, 0.717) is 39.5 Å². The zero-order valence-corrected chi connectivity index (χ0v) is 15.3. The third-order valence-corrected chi connectivity index (χ3v) is 2.88. The van der Waals surface area contributed by atoms with Gasteiger partial charge in [-0.2, -0.15) is 0 Å². The highest BCUT2D eigenvalue weighted by Crippen LogP contribution is 2.11. The van der Waals surface area contributed by atoms with Gasteiger partial charge in [0.2, 0.25) is 5.91 Å². The second-order valence-electron chi connectivity index (χ2n) is 6.15. The van der Waals surface area contributed by atoms with Crippen molar-refractivity contribution in [3.05, 3.63) is 0 Å². The Balaban J connectivity index is 3.88. The second kappa shape index (κ2) is 13.1. The number of hydrogen-bond donors (Lipinski definition) is 3. The van der Waals surface area contributed by atoms with Crippen LogP contribution in [0.4, 0.5) is 0 Å². The van der Waals surface area contributed by atoms with Gasteiger partial charge in [0.1, 0.15) is 0 Å². The summed E-state index contributed by atoms with van der Waals surface area (Å²) in [5.41, 5.74) is -0.360. The molecule has 0 atom stereocenters. The van der Waals surface area contributed by atoms with Gasteiger partial charge in [-0.25, -0.2) is 0 Å². The molecular weight excluding hydrogens is 296 g/mol. The zero-order chi connectivity index (χ0) is 17.6. The Hall–Kier alpha value is -1.34. The first-order valence-corrected chi connectivity index (χ1v) is 8.29. The molecule has 23 heavy (non-hydrogen) atoms. The summed E-state index contributed by atoms with van der Waals surface area (Å²) in [7, 11) is 1.66. The maximum atomic E-state index is 11.7. The molecule has 0 rings (SSSR count). The summed E-state index contributed by atoms with van der Waals surface area (Å²) in [6.07, 6.45) is 0.862. The lowest BCUT2D eigenvalue weighted by Gasteiger charge is -2.18. The first kappa shape index (κ1) is 21.7. The quantitative estimate of drug-likeness (QED) is 0.296. The van der Waals surface area contributed by atoms with E-state index >= 15 is 0 Å². The lowest BCUT2D eigenvalue weighted by Crippen LogP contribution is -2.43. The van der Waals surface area contributed by atoms with Crippen molar-refractivity contribution in [2.75, 3.05) is 53.1 Å². The van der Waals surface area contributed by atoms with E-state index in [4.69, 9.17) is 9.47 Å². The molecule has 0 aliphatic rings. The van der Waals surface area contributed by atoms with Crippen molar-refractivity contribution in [2.45, 2.75) is 34.1 Å². The third kappa shape index (κ3) is 12.9. The Morgan fingerprint density at radius 1 is 1.04 bits per heavy atom. The van der Waals surface area contributed by atoms with E-state index in [1.165, 1.54) is 0 Å². The van der Waals surface area contributed by atoms with Crippen LogP contribution in [0.2, 0.25) is 0 Å². The molecule has 0 heterocycles. The molecule has 0 fully saturated rings. The van der Waals surface area contributed by atoms with Crippen molar-refractivity contribution in [1.29, 1.82) is 0 Å². The molecule has 0 aromatic heterocycles. The summed E-state index contributed by atoms with van der Waals surface area (Å²) in [6, 6.07) is 0. The largest absolute Gasteiger partial charge is 0.382 e. The summed E-state index contributed by atoms with van der Waals surface area (Å²) < 4.78 is 10.3. The first-order valence-electron chi connectivity index (χ1n) is 8.29. The van der Waals surface area contributed by atoms with Crippen LogP contribution >= 0.6 is 0 Å². The molecule has 0 radical (unpaired) electrons. The van der Waals surface area contributed by atoms with Crippen LogP contribution in [0.3, 0.4) is 0 Å². The van der Waals surface area contributed by atoms with Crippen molar-refractivity contribution >= 4 is 11.9 Å². The number of carbonyl (C=O) groups excluding carboxylic acids is 1. The number of hydrogen-bond acceptors (Lipinski definition) is 4. The Labute approximate surface area is 140 Å². The molecule has 0 unspecified atom stereocenters. The van der Waals surface area contributed by atoms with Crippen molar-refractivity contribution in [3.8, 4) is 0 Å². The Morgan fingerprint density at radius 2 is 1.74 bits per heavy atom. The smallest absolute Gasteiger partial charge is 0.225 e. The van der Waals surface area contributed by atoms with Gasteiger partial charge in [0, 0.05) is 45.3 Å². The fraction of sp³-hybridized carbons (Fsp3) is 0.875. The van der Waals surface area contributed by atoms with Gasteiger partial charge in [0.05, 0.1) is 13.2 Å². The molecule has 0 saturated heterocycles. The predicted octanol–water partition coefficient (Wildman–Crippen LogP) is 0.757. The summed E-state index contributed by atoms with van der Waals surface area (Å²) >= 11 is 0. The van der Waals surface area contributed by atoms with Gasteiger partial charge < -0.3 is 25.4 Å². The number of aliphatic imine (C=N–C) groups is 1. The molecule has 7 heteroatoms. The molecule has 7 nitrogen and oxygen atoms in total. The number of carbonyl (C=O) groups is 1. The van der Waals surface area contributed by atoms with Gasteiger partial charge in [0.25, 0.3) is 0 Å². The molecular formula is C16H34N4O3. The molecule has 0 spiro atoms. The van der Waals surface area contributed by atoms with Crippen LogP contribution in [-0.2, 0) is 14.3 Å². The van der Waals surface area contributed by atoms with Gasteiger partial charge in [-0.15, -0.1) is 0 Å². The molecule has 0 aromatic rings. The fourth-order valence-electron chi connectivity index (χ4n) is 1.57. The van der Waals surface area contributed by atoms with E-state index < -0.39 is 0 Å². The minimum Gasteiger partial charge on any atom is -0.382 e. The zero-order valence-electron chi connectivity index (χ0n) is 15.3. The number of amides is 1. The van der Waals surface area contributed by atoms with Crippen LogP contribution in [0.1, 0.15) is 34.1 Å². The third-order valence-electron chi connectivity index (χ3n) is 2.88. The van der Waals surface area contributed by atoms with Crippen LogP contribution in [0.25, 0.3) is 0 Å². The molecule has 0 aromatic carbocycles. The minimum absolute atomic E-state index is 0.0504. The normalized spacial score (nSPS) is 12.1. The van der Waals surface area contributed by atoms with E-state index in [1.54, 1.807) is 7.11 Å². The van der Waals surface area contributed by atoms with Crippen molar-refractivity contribution in [3.63, 3.8) is 0 Å². The average Bonchev–Trinajstić information content (AvgIpc) is 2.49. The number of nitrogens with one attached hydrogen (secondary N) is 3. The van der Waals surface area contributed by atoms with Crippen molar-refractivity contribution in [2.24, 2.45) is 10.4 Å². The summed E-state index contributed by atoms with van der Waals surface area (Å²) in [4.78, 5) is 16.2. The van der Waals surface area contributed by atoms with Gasteiger partial charge in [-0.05, 0) is 13.3 Å². The highest BCUT2D eigenvalue weighted by molar-refractivity contribution is 5.81. The van der Waals surface area contributed by atoms with E-state index in [9.17, 15) is 4.79 Å². The number of guanidine groups is 1. The molecule has 0 bridgehead atoms. The molecule has 3 N–H and O–H groups in total. The number of methoxy groups -OCH3 is 1. The molecule has 0 aliphatic heterocycles. The molecule has 1 amide bonds. The van der Waals surface area contributed by atoms with Crippen LogP contribution in [0, 0.1) is 5.41 Å². The Morgan fingerprint density at radius 3 is 2.35 bits per heavy atom. The van der Waals surface area contributed by atoms with Gasteiger partial charge in [-0.3, -0.25) is 9.79 Å². The molecule has 0 aliphatic carbocycles. The lowest BCUT2D eigenvalue weighted by molar-refractivity contribution is -0.128. The maximum absolute atomic E-state index is 11.7. The Bertz CT molecular complexity index is 341. The van der Waals surface area contributed by atoms with Gasteiger partial charge >= 0.3 is 0 Å². The number of nitrogens with zero attached hydrogens (tertiary/aromatic N) is 1. The summed E-state index contributed by atoms with van der Waals surface area (Å²) in [5.74, 6) is 0.809. The SMILES string of the molecule is CCNC(=NCCCOCCOC)NCCNC(=O)C(C)(C)C. The van der Waals surface area contributed by atoms with Crippen LogP contribution in [0.5, 0.6) is 0 Å². The van der Waals surface area contributed by atoms with Crippen molar-refractivity contribution in [1.82, 2.24) is 16.0 Å². The fourth-order valence-corrected chi connectivity index (χ4v) is 1.57. The second-order valence-corrected chi connectivity index (χ2v) is 6.15. The number of ether oxygens (including phenoxy) is 2.